The molecule has 0 atom stereocenters. The van der Waals surface area contributed by atoms with Gasteiger partial charge in [-0.15, -0.1) is 24.2 Å². The van der Waals surface area contributed by atoms with Crippen LogP contribution in [0.25, 0.3) is 0 Å². The van der Waals surface area contributed by atoms with Gasteiger partial charge in [-0.1, -0.05) is 24.6 Å². The maximum Gasteiger partial charge on any atom is 0.187 e. The molecule has 4 rings (SSSR count). The van der Waals surface area contributed by atoms with Gasteiger partial charge in [-0.2, -0.15) is 0 Å². The monoisotopic (exact) mass is 393 g/mol. The summed E-state index contributed by atoms with van der Waals surface area (Å²) in [6.45, 7) is 2.64. The van der Waals surface area contributed by atoms with Gasteiger partial charge in [-0.25, -0.2) is 4.98 Å². The molecule has 1 aromatic heterocycles. The summed E-state index contributed by atoms with van der Waals surface area (Å²) in [5.74, 6) is 1.65. The lowest BCUT2D eigenvalue weighted by Crippen LogP contribution is -2.24. The summed E-state index contributed by atoms with van der Waals surface area (Å²) in [6.07, 6.45) is 14.1. The van der Waals surface area contributed by atoms with E-state index in [1.54, 1.807) is 17.5 Å². The second-order valence-corrected chi connectivity index (χ2v) is 7.16. The highest BCUT2D eigenvalue weighted by Crippen LogP contribution is 2.24. The minimum Gasteiger partial charge on any atom is -0.457 e. The van der Waals surface area contributed by atoms with Crippen molar-refractivity contribution in [3.05, 3.63) is 66.2 Å². The van der Waals surface area contributed by atoms with E-state index in [1.807, 2.05) is 60.0 Å². The van der Waals surface area contributed by atoms with Gasteiger partial charge in [0.2, 0.25) is 0 Å². The lowest BCUT2D eigenvalue weighted by Gasteiger charge is -2.20. The topological polar surface area (TPSA) is 37.4 Å². The van der Waals surface area contributed by atoms with Crippen LogP contribution in [0.5, 0.6) is 11.5 Å². The molecule has 0 radical (unpaired) electrons. The summed E-state index contributed by atoms with van der Waals surface area (Å²) in [5, 5.41) is 6.05. The fraction of sp³-hybridized carbons (Fsp3) is 0.261. The maximum absolute atomic E-state index is 5.73. The molecule has 3 aromatic rings. The molecule has 5 heteroatoms. The van der Waals surface area contributed by atoms with E-state index in [0.717, 1.165) is 22.3 Å². The van der Waals surface area contributed by atoms with Crippen LogP contribution in [-0.4, -0.2) is 30.0 Å². The summed E-state index contributed by atoms with van der Waals surface area (Å²) >= 11 is 1.57. The van der Waals surface area contributed by atoms with Crippen molar-refractivity contribution in [3.63, 3.8) is 0 Å². The molecule has 1 saturated heterocycles. The smallest absolute Gasteiger partial charge is 0.187 e. The highest BCUT2D eigenvalue weighted by atomic mass is 32.1. The van der Waals surface area contributed by atoms with Crippen LogP contribution >= 0.6 is 11.3 Å². The molecule has 1 fully saturated rings. The van der Waals surface area contributed by atoms with Crippen LogP contribution < -0.4 is 10.1 Å². The molecule has 0 bridgehead atoms. The Kier molecular flexibility index (Phi) is 9.64. The number of likely N-dealkylation sites (tertiary alicyclic amines) is 1. The van der Waals surface area contributed by atoms with Crippen molar-refractivity contribution in [2.75, 3.05) is 25.5 Å². The summed E-state index contributed by atoms with van der Waals surface area (Å²) in [5.41, 5.74) is 0.996. The minimum atomic E-state index is 0.816. The summed E-state index contributed by atoms with van der Waals surface area (Å²) in [4.78, 5) is 6.57. The first-order valence-corrected chi connectivity index (χ1v) is 10.2. The zero-order chi connectivity index (χ0) is 20.0. The zero-order valence-corrected chi connectivity index (χ0v) is 17.1. The first-order chi connectivity index (χ1) is 13.8. The number of piperidine rings is 1. The predicted octanol–water partition coefficient (Wildman–Crippen LogP) is 6.03. The third kappa shape index (κ3) is 7.83. The van der Waals surface area contributed by atoms with Crippen molar-refractivity contribution in [2.24, 2.45) is 0 Å². The highest BCUT2D eigenvalue weighted by Gasteiger charge is 2.02. The summed E-state index contributed by atoms with van der Waals surface area (Å²) in [6, 6.07) is 17.5. The number of para-hydroxylation sites is 1. The number of thiazole rings is 1. The molecule has 0 amide bonds. The quantitative estimate of drug-likeness (QED) is 0.549. The molecule has 1 N–H and O–H groups in total. The number of nitrogens with one attached hydrogen (secondary N) is 1. The van der Waals surface area contributed by atoms with Crippen molar-refractivity contribution in [2.45, 2.75) is 19.3 Å². The van der Waals surface area contributed by atoms with Crippen LogP contribution in [0.1, 0.15) is 19.3 Å². The van der Waals surface area contributed by atoms with Crippen LogP contribution in [0, 0.1) is 12.8 Å². The molecule has 28 heavy (non-hydrogen) atoms. The van der Waals surface area contributed by atoms with Gasteiger partial charge >= 0.3 is 0 Å². The Hall–Kier alpha value is -2.81. The normalized spacial score (nSPS) is 13.2. The molecule has 0 aliphatic carbocycles. The molecule has 2 aromatic carbocycles. The van der Waals surface area contributed by atoms with Crippen molar-refractivity contribution in [1.82, 2.24) is 9.88 Å². The van der Waals surface area contributed by atoms with Gasteiger partial charge in [-0.3, -0.25) is 0 Å². The Labute approximate surface area is 172 Å². The van der Waals surface area contributed by atoms with Crippen molar-refractivity contribution >= 4 is 22.2 Å². The van der Waals surface area contributed by atoms with E-state index in [0.29, 0.717) is 0 Å². The molecule has 4 nitrogen and oxygen atoms in total. The Morgan fingerprint density at radius 3 is 2.11 bits per heavy atom. The molecular formula is C23H27N3OS. The Bertz CT molecular complexity index is 780. The van der Waals surface area contributed by atoms with Crippen molar-refractivity contribution in [1.29, 1.82) is 0 Å². The molecule has 0 saturated carbocycles. The van der Waals surface area contributed by atoms with Gasteiger partial charge in [0.05, 0.1) is 0 Å². The van der Waals surface area contributed by atoms with Crippen molar-refractivity contribution in [3.8, 4) is 24.3 Å². The molecule has 2 heterocycles. The summed E-state index contributed by atoms with van der Waals surface area (Å²) < 4.78 is 5.73. The molecular weight excluding hydrogens is 366 g/mol. The highest BCUT2D eigenvalue weighted by molar-refractivity contribution is 7.13. The molecule has 1 aliphatic heterocycles. The van der Waals surface area contributed by atoms with Crippen LogP contribution in [0.15, 0.2) is 66.2 Å². The van der Waals surface area contributed by atoms with Gasteiger partial charge in [0.25, 0.3) is 0 Å². The van der Waals surface area contributed by atoms with Crippen LogP contribution in [0.4, 0.5) is 10.8 Å². The Balaban J connectivity index is 0.000000261. The average molecular weight is 394 g/mol. The fourth-order valence-corrected chi connectivity index (χ4v) is 3.24. The first kappa shape index (κ1) is 21.5. The van der Waals surface area contributed by atoms with Crippen molar-refractivity contribution < 1.29 is 4.74 Å². The number of anilines is 2. The minimum absolute atomic E-state index is 0.816. The second kappa shape index (κ2) is 12.6. The number of nitrogens with zero attached hydrogens (tertiary/aromatic N) is 2. The molecule has 146 valence electrons. The average Bonchev–Trinajstić information content (AvgIpc) is 3.26. The van der Waals surface area contributed by atoms with E-state index >= 15 is 0 Å². The molecule has 0 unspecified atom stereocenters. The number of ether oxygens (including phenoxy) is 1. The van der Waals surface area contributed by atoms with E-state index in [1.165, 1.54) is 32.4 Å². The van der Waals surface area contributed by atoms with Crippen LogP contribution in [0.2, 0.25) is 0 Å². The summed E-state index contributed by atoms with van der Waals surface area (Å²) in [7, 11) is 2.19. The number of benzene rings is 2. The molecule has 0 spiro atoms. The number of hydrogen-bond acceptors (Lipinski definition) is 5. The number of aromatic nitrogens is 1. The van der Waals surface area contributed by atoms with E-state index < -0.39 is 0 Å². The number of rotatable bonds is 4. The Morgan fingerprint density at radius 1 is 0.929 bits per heavy atom. The fourth-order valence-electron chi connectivity index (χ4n) is 2.69. The standard InChI is InChI=1S/C15H12N2OS.C6H13N.C2H2/c1-2-4-13(5-3-1)18-14-8-6-12(7-9-14)17-15-16-10-11-19-15;1-7-5-3-2-4-6-7;1-2/h1-11H,(H,16,17);2-6H2,1H3;1-2H. The first-order valence-electron chi connectivity index (χ1n) is 9.31. The lowest BCUT2D eigenvalue weighted by atomic mass is 10.1. The van der Waals surface area contributed by atoms with Gasteiger partial charge in [0, 0.05) is 17.3 Å². The third-order valence-corrected chi connectivity index (χ3v) is 4.79. The van der Waals surface area contributed by atoms with Gasteiger partial charge in [-0.05, 0) is 69.4 Å². The van der Waals surface area contributed by atoms with Gasteiger partial charge in [0.15, 0.2) is 5.13 Å². The van der Waals surface area contributed by atoms with Crippen LogP contribution in [-0.2, 0) is 0 Å². The predicted molar refractivity (Wildman–Crippen MR) is 120 cm³/mol. The molecule has 1 aliphatic rings. The number of hydrogen-bond donors (Lipinski definition) is 1. The van der Waals surface area contributed by atoms with E-state index in [-0.39, 0.29) is 0 Å². The van der Waals surface area contributed by atoms with Gasteiger partial charge < -0.3 is 15.0 Å². The third-order valence-electron chi connectivity index (χ3n) is 4.10. The van der Waals surface area contributed by atoms with E-state index in [9.17, 15) is 0 Å². The SMILES string of the molecule is C#C.CN1CCCCC1.c1ccc(Oc2ccc(Nc3nccs3)cc2)cc1. The maximum atomic E-state index is 5.73. The van der Waals surface area contributed by atoms with E-state index in [4.69, 9.17) is 4.74 Å². The Morgan fingerprint density at radius 2 is 1.57 bits per heavy atom. The van der Waals surface area contributed by atoms with Crippen LogP contribution in [0.3, 0.4) is 0 Å². The van der Waals surface area contributed by atoms with Gasteiger partial charge in [0.1, 0.15) is 11.5 Å². The van der Waals surface area contributed by atoms with E-state index in [2.05, 4.69) is 35.1 Å². The second-order valence-electron chi connectivity index (χ2n) is 6.27. The zero-order valence-electron chi connectivity index (χ0n) is 16.3. The number of terminal acetylenes is 1. The lowest BCUT2D eigenvalue weighted by molar-refractivity contribution is 0.277. The largest absolute Gasteiger partial charge is 0.457 e.